The van der Waals surface area contributed by atoms with Crippen molar-refractivity contribution >= 4 is 51.5 Å². The lowest BCUT2D eigenvalue weighted by Gasteiger charge is -2.21. The van der Waals surface area contributed by atoms with E-state index in [9.17, 15) is 23.6 Å². The number of halogens is 1. The molecule has 192 valence electrons. The SMILES string of the molecule is O=C(O)CCNC(=O)N1CCn2cc(C3=C(c4cnc5ccccn45)C(=O)NC3=O)c3cc(F)cc(c32)C1. The molecule has 6 rings (SSSR count). The third-order valence-corrected chi connectivity index (χ3v) is 6.76. The smallest absolute Gasteiger partial charge is 0.317 e. The number of carbonyl (C=O) groups is 4. The third kappa shape index (κ3) is 3.77. The molecule has 0 atom stereocenters. The number of fused-ring (bicyclic) bond motifs is 1. The summed E-state index contributed by atoms with van der Waals surface area (Å²) in [5, 5.41) is 14.2. The van der Waals surface area contributed by atoms with Gasteiger partial charge in [-0.3, -0.25) is 24.1 Å². The van der Waals surface area contributed by atoms with Crippen LogP contribution in [0.2, 0.25) is 0 Å². The summed E-state index contributed by atoms with van der Waals surface area (Å²) in [5.41, 5.74) is 2.91. The first-order valence-corrected chi connectivity index (χ1v) is 11.9. The molecule has 2 aliphatic heterocycles. The fourth-order valence-electron chi connectivity index (χ4n) is 5.13. The summed E-state index contributed by atoms with van der Waals surface area (Å²) in [6, 6.07) is 7.59. The van der Waals surface area contributed by atoms with Crippen LogP contribution in [0.4, 0.5) is 9.18 Å². The molecule has 3 N–H and O–H groups in total. The van der Waals surface area contributed by atoms with Crippen molar-refractivity contribution in [2.45, 2.75) is 19.5 Å². The summed E-state index contributed by atoms with van der Waals surface area (Å²) in [6.45, 7) is 0.669. The Kier molecular flexibility index (Phi) is 5.44. The Labute approximate surface area is 214 Å². The predicted octanol–water partition coefficient (Wildman–Crippen LogP) is 2.00. The number of nitrogens with zero attached hydrogens (tertiary/aromatic N) is 4. The number of carboxylic acid groups (broad SMARTS) is 1. The summed E-state index contributed by atoms with van der Waals surface area (Å²) in [6.07, 6.45) is 4.76. The van der Waals surface area contributed by atoms with E-state index in [0.29, 0.717) is 39.9 Å². The molecule has 4 amide bonds. The van der Waals surface area contributed by atoms with E-state index in [1.807, 2.05) is 10.6 Å². The van der Waals surface area contributed by atoms with E-state index in [1.165, 1.54) is 23.2 Å². The molecule has 5 heterocycles. The van der Waals surface area contributed by atoms with Crippen LogP contribution >= 0.6 is 0 Å². The Balaban J connectivity index is 1.46. The van der Waals surface area contributed by atoms with Gasteiger partial charge in [0.15, 0.2) is 0 Å². The van der Waals surface area contributed by atoms with Gasteiger partial charge in [0.2, 0.25) is 0 Å². The van der Waals surface area contributed by atoms with Crippen LogP contribution in [-0.2, 0) is 27.5 Å². The fourth-order valence-corrected chi connectivity index (χ4v) is 5.13. The maximum absolute atomic E-state index is 14.9. The van der Waals surface area contributed by atoms with E-state index < -0.39 is 29.6 Å². The number of carboxylic acids is 1. The number of benzene rings is 1. The van der Waals surface area contributed by atoms with Crippen molar-refractivity contribution in [3.8, 4) is 0 Å². The van der Waals surface area contributed by atoms with Crippen LogP contribution in [0.15, 0.2) is 48.9 Å². The average Bonchev–Trinajstić information content (AvgIpc) is 3.49. The standard InChI is InChI=1S/C26H21FN6O5/c27-15-9-14-12-32(26(38)28-5-4-20(34)35)8-7-31-13-17(16(10-15)23(14)31)21-22(25(37)30-24(21)36)18-11-29-19-3-1-2-6-33(18)19/h1-3,6,9-11,13H,4-5,7-8,12H2,(H,28,38)(H,34,35)(H,30,36,37). The summed E-state index contributed by atoms with van der Waals surface area (Å²) >= 11 is 0. The van der Waals surface area contributed by atoms with Gasteiger partial charge in [-0.05, 0) is 29.8 Å². The second kappa shape index (κ2) is 8.83. The number of imide groups is 1. The van der Waals surface area contributed by atoms with Gasteiger partial charge in [-0.15, -0.1) is 0 Å². The van der Waals surface area contributed by atoms with Gasteiger partial charge < -0.3 is 19.9 Å². The average molecular weight is 516 g/mol. The lowest BCUT2D eigenvalue weighted by molar-refractivity contribution is -0.136. The summed E-state index contributed by atoms with van der Waals surface area (Å²) in [4.78, 5) is 55.3. The fraction of sp³-hybridized carbons (Fsp3) is 0.192. The van der Waals surface area contributed by atoms with Gasteiger partial charge in [0.05, 0.1) is 35.0 Å². The van der Waals surface area contributed by atoms with Crippen molar-refractivity contribution in [3.63, 3.8) is 0 Å². The molecule has 0 fully saturated rings. The highest BCUT2D eigenvalue weighted by Crippen LogP contribution is 2.38. The molecule has 0 aliphatic carbocycles. The Morgan fingerprint density at radius 2 is 1.95 bits per heavy atom. The lowest BCUT2D eigenvalue weighted by atomic mass is 9.98. The van der Waals surface area contributed by atoms with Crippen LogP contribution < -0.4 is 10.6 Å². The maximum Gasteiger partial charge on any atom is 0.317 e. The highest BCUT2D eigenvalue weighted by atomic mass is 19.1. The van der Waals surface area contributed by atoms with Crippen LogP contribution in [0, 0.1) is 5.82 Å². The van der Waals surface area contributed by atoms with Gasteiger partial charge in [0.25, 0.3) is 11.8 Å². The predicted molar refractivity (Wildman–Crippen MR) is 133 cm³/mol. The number of carbonyl (C=O) groups excluding carboxylic acids is 3. The Bertz CT molecular complexity index is 1720. The second-order valence-corrected chi connectivity index (χ2v) is 9.10. The molecular formula is C26H21FN6O5. The summed E-state index contributed by atoms with van der Waals surface area (Å²) in [7, 11) is 0. The number of amides is 4. The van der Waals surface area contributed by atoms with Crippen molar-refractivity contribution < 1.29 is 28.7 Å². The second-order valence-electron chi connectivity index (χ2n) is 9.10. The molecule has 1 aromatic carbocycles. The minimum Gasteiger partial charge on any atom is -0.481 e. The molecule has 3 aromatic heterocycles. The Hall–Kier alpha value is -5.00. The number of rotatable bonds is 5. The molecule has 2 aliphatic rings. The van der Waals surface area contributed by atoms with Crippen molar-refractivity contribution in [3.05, 3.63) is 71.6 Å². The number of hydrogen-bond acceptors (Lipinski definition) is 5. The third-order valence-electron chi connectivity index (χ3n) is 6.76. The monoisotopic (exact) mass is 516 g/mol. The van der Waals surface area contributed by atoms with Gasteiger partial charge in [-0.2, -0.15) is 0 Å². The van der Waals surface area contributed by atoms with Crippen LogP contribution in [0.25, 0.3) is 27.7 Å². The van der Waals surface area contributed by atoms with Gasteiger partial charge in [-0.25, -0.2) is 14.2 Å². The zero-order valence-corrected chi connectivity index (χ0v) is 19.9. The van der Waals surface area contributed by atoms with E-state index in [4.69, 9.17) is 5.11 Å². The largest absolute Gasteiger partial charge is 0.481 e. The molecule has 0 radical (unpaired) electrons. The van der Waals surface area contributed by atoms with Crippen molar-refractivity contribution in [1.82, 2.24) is 29.5 Å². The molecule has 0 bridgehead atoms. The Morgan fingerprint density at radius 1 is 1.13 bits per heavy atom. The lowest BCUT2D eigenvalue weighted by Crippen LogP contribution is -2.41. The quantitative estimate of drug-likeness (QED) is 0.347. The van der Waals surface area contributed by atoms with E-state index >= 15 is 0 Å². The zero-order chi connectivity index (χ0) is 26.6. The molecule has 0 saturated heterocycles. The van der Waals surface area contributed by atoms with E-state index in [0.717, 1.165) is 0 Å². The number of aromatic nitrogens is 3. The van der Waals surface area contributed by atoms with Crippen molar-refractivity contribution in [1.29, 1.82) is 0 Å². The molecule has 38 heavy (non-hydrogen) atoms. The van der Waals surface area contributed by atoms with Gasteiger partial charge >= 0.3 is 12.0 Å². The van der Waals surface area contributed by atoms with E-state index in [-0.39, 0.29) is 37.2 Å². The van der Waals surface area contributed by atoms with Gasteiger partial charge in [0, 0.05) is 49.5 Å². The van der Waals surface area contributed by atoms with Crippen molar-refractivity contribution in [2.75, 3.05) is 13.1 Å². The van der Waals surface area contributed by atoms with Gasteiger partial charge in [0.1, 0.15) is 11.5 Å². The molecule has 0 spiro atoms. The first-order chi connectivity index (χ1) is 18.3. The van der Waals surface area contributed by atoms with Gasteiger partial charge in [-0.1, -0.05) is 6.07 Å². The van der Waals surface area contributed by atoms with Crippen LogP contribution in [0.5, 0.6) is 0 Å². The number of imidazole rings is 1. The minimum absolute atomic E-state index is 0.0248. The molecule has 0 saturated carbocycles. The summed E-state index contributed by atoms with van der Waals surface area (Å²) in [5.74, 6) is -2.73. The molecule has 12 heteroatoms. The van der Waals surface area contributed by atoms with Crippen LogP contribution in [0.1, 0.15) is 23.2 Å². The number of urea groups is 1. The van der Waals surface area contributed by atoms with Crippen molar-refractivity contribution in [2.24, 2.45) is 0 Å². The van der Waals surface area contributed by atoms with Crippen LogP contribution in [-0.4, -0.2) is 60.9 Å². The Morgan fingerprint density at radius 3 is 2.76 bits per heavy atom. The topological polar surface area (TPSA) is 138 Å². The molecule has 11 nitrogen and oxygen atoms in total. The first-order valence-electron chi connectivity index (χ1n) is 11.9. The van der Waals surface area contributed by atoms with Crippen LogP contribution in [0.3, 0.4) is 0 Å². The minimum atomic E-state index is -1.02. The number of hydrogen-bond donors (Lipinski definition) is 3. The zero-order valence-electron chi connectivity index (χ0n) is 19.9. The number of pyridine rings is 1. The molecule has 4 aromatic rings. The van der Waals surface area contributed by atoms with E-state index in [2.05, 4.69) is 15.6 Å². The summed E-state index contributed by atoms with van der Waals surface area (Å²) < 4.78 is 18.5. The first kappa shape index (κ1) is 23.4. The van der Waals surface area contributed by atoms with E-state index in [1.54, 1.807) is 28.9 Å². The number of aliphatic carboxylic acids is 1. The number of nitrogens with one attached hydrogen (secondary N) is 2. The molecular weight excluding hydrogens is 495 g/mol. The molecule has 0 unspecified atom stereocenters. The normalized spacial score (nSPS) is 15.3. The highest BCUT2D eigenvalue weighted by molar-refractivity contribution is 6.49. The highest BCUT2D eigenvalue weighted by Gasteiger charge is 2.36. The maximum atomic E-state index is 14.9.